The molecule has 24 heavy (non-hydrogen) atoms. The van der Waals surface area contributed by atoms with E-state index in [0.29, 0.717) is 5.69 Å². The first-order valence-electron chi connectivity index (χ1n) is 8.75. The van der Waals surface area contributed by atoms with Crippen molar-refractivity contribution in [2.24, 2.45) is 0 Å². The molecule has 0 atom stereocenters. The van der Waals surface area contributed by atoms with E-state index in [2.05, 4.69) is 27.3 Å². The summed E-state index contributed by atoms with van der Waals surface area (Å²) in [5.74, 6) is 0.627. The topological polar surface area (TPSA) is 58.1 Å². The van der Waals surface area contributed by atoms with Crippen LogP contribution in [-0.4, -0.2) is 28.7 Å². The Morgan fingerprint density at radius 2 is 1.83 bits per heavy atom. The molecule has 0 aliphatic heterocycles. The van der Waals surface area contributed by atoms with Crippen LogP contribution in [0.15, 0.2) is 42.5 Å². The molecule has 0 unspecified atom stereocenters. The van der Waals surface area contributed by atoms with Crippen LogP contribution in [0.5, 0.6) is 0 Å². The number of hydrogen-bond donors (Lipinski definition) is 1. The van der Waals surface area contributed by atoms with E-state index in [1.807, 2.05) is 36.4 Å². The highest BCUT2D eigenvalue weighted by atomic mass is 16.2. The van der Waals surface area contributed by atoms with E-state index in [4.69, 9.17) is 0 Å². The number of carbonyl (C=O) groups is 1. The maximum absolute atomic E-state index is 12.3. The number of rotatable bonds is 5. The van der Waals surface area contributed by atoms with E-state index in [1.165, 1.54) is 19.3 Å². The first kappa shape index (κ1) is 16.4. The Morgan fingerprint density at radius 3 is 2.46 bits per heavy atom. The van der Waals surface area contributed by atoms with Gasteiger partial charge >= 0.3 is 0 Å². The molecule has 5 heteroatoms. The van der Waals surface area contributed by atoms with Crippen molar-refractivity contribution in [2.75, 3.05) is 11.4 Å². The van der Waals surface area contributed by atoms with Crippen LogP contribution in [0.1, 0.15) is 49.5 Å². The number of amides is 1. The van der Waals surface area contributed by atoms with Gasteiger partial charge in [0.25, 0.3) is 5.91 Å². The second kappa shape index (κ2) is 7.90. The smallest absolute Gasteiger partial charge is 0.272 e. The first-order chi connectivity index (χ1) is 11.8. The zero-order chi connectivity index (χ0) is 16.8. The minimum atomic E-state index is -0.122. The number of nitrogens with one attached hydrogen (secondary N) is 1. The fourth-order valence-corrected chi connectivity index (χ4v) is 3.18. The fraction of sp³-hybridized carbons (Fsp3) is 0.421. The van der Waals surface area contributed by atoms with Crippen molar-refractivity contribution < 1.29 is 4.79 Å². The molecule has 1 saturated carbocycles. The lowest BCUT2D eigenvalue weighted by molar-refractivity contribution is 0.0921. The molecule has 5 nitrogen and oxygen atoms in total. The number of carbonyl (C=O) groups excluding carboxylic acids is 1. The molecule has 1 aliphatic carbocycles. The van der Waals surface area contributed by atoms with E-state index in [9.17, 15) is 4.79 Å². The minimum absolute atomic E-state index is 0.122. The van der Waals surface area contributed by atoms with Crippen molar-refractivity contribution in [3.8, 4) is 0 Å². The zero-order valence-electron chi connectivity index (χ0n) is 14.1. The lowest BCUT2D eigenvalue weighted by Gasteiger charge is -2.23. The Bertz CT molecular complexity index is 651. The summed E-state index contributed by atoms with van der Waals surface area (Å²) in [5.41, 5.74) is 1.45. The van der Waals surface area contributed by atoms with E-state index in [1.54, 1.807) is 6.07 Å². The van der Waals surface area contributed by atoms with Gasteiger partial charge in [0.05, 0.1) is 0 Å². The molecule has 1 aromatic carbocycles. The SMILES string of the molecule is CCN(c1ccccc1)c1ccc(C(=O)NC2CCCCC2)nn1. The van der Waals surface area contributed by atoms with Crippen molar-refractivity contribution >= 4 is 17.4 Å². The van der Waals surface area contributed by atoms with Crippen LogP contribution in [0.2, 0.25) is 0 Å². The minimum Gasteiger partial charge on any atom is -0.348 e. The molecule has 126 valence electrons. The monoisotopic (exact) mass is 324 g/mol. The van der Waals surface area contributed by atoms with Crippen molar-refractivity contribution in [3.05, 3.63) is 48.2 Å². The molecule has 2 aromatic rings. The van der Waals surface area contributed by atoms with Gasteiger partial charge in [0.15, 0.2) is 11.5 Å². The average molecular weight is 324 g/mol. The first-order valence-corrected chi connectivity index (χ1v) is 8.75. The van der Waals surface area contributed by atoms with Gasteiger partial charge in [0, 0.05) is 18.3 Å². The predicted molar refractivity (Wildman–Crippen MR) is 95.5 cm³/mol. The third-order valence-corrected chi connectivity index (χ3v) is 4.48. The molecule has 1 heterocycles. The Balaban J connectivity index is 1.69. The standard InChI is InChI=1S/C19H24N4O/c1-2-23(16-11-7-4-8-12-16)18-14-13-17(21-22-18)19(24)20-15-9-5-3-6-10-15/h4,7-8,11-15H,2-3,5-6,9-10H2,1H3,(H,20,24). The van der Waals surface area contributed by atoms with Crippen LogP contribution in [-0.2, 0) is 0 Å². The number of aromatic nitrogens is 2. The summed E-state index contributed by atoms with van der Waals surface area (Å²) in [4.78, 5) is 14.4. The lowest BCUT2D eigenvalue weighted by Crippen LogP contribution is -2.36. The molecule has 1 aliphatic rings. The maximum Gasteiger partial charge on any atom is 0.272 e. The molecule has 0 saturated heterocycles. The Morgan fingerprint density at radius 1 is 1.08 bits per heavy atom. The molecule has 3 rings (SSSR count). The van der Waals surface area contributed by atoms with Gasteiger partial charge < -0.3 is 10.2 Å². The molecule has 1 fully saturated rings. The van der Waals surface area contributed by atoms with Gasteiger partial charge in [-0.15, -0.1) is 10.2 Å². The van der Waals surface area contributed by atoms with E-state index < -0.39 is 0 Å². The van der Waals surface area contributed by atoms with E-state index in [-0.39, 0.29) is 11.9 Å². The largest absolute Gasteiger partial charge is 0.348 e. The average Bonchev–Trinajstić information content (AvgIpc) is 2.65. The Kier molecular flexibility index (Phi) is 5.41. The summed E-state index contributed by atoms with van der Waals surface area (Å²) in [6, 6.07) is 14.0. The van der Waals surface area contributed by atoms with Crippen molar-refractivity contribution in [2.45, 2.75) is 45.1 Å². The van der Waals surface area contributed by atoms with Gasteiger partial charge in [-0.05, 0) is 44.0 Å². The molecule has 0 spiro atoms. The predicted octanol–water partition coefficient (Wildman–Crippen LogP) is 3.70. The highest BCUT2D eigenvalue weighted by Crippen LogP contribution is 2.22. The van der Waals surface area contributed by atoms with Gasteiger partial charge in [-0.2, -0.15) is 0 Å². The highest BCUT2D eigenvalue weighted by molar-refractivity contribution is 5.92. The van der Waals surface area contributed by atoms with Crippen molar-refractivity contribution in [1.82, 2.24) is 15.5 Å². The third kappa shape index (κ3) is 3.91. The van der Waals surface area contributed by atoms with Gasteiger partial charge in [-0.3, -0.25) is 4.79 Å². The number of benzene rings is 1. The van der Waals surface area contributed by atoms with Gasteiger partial charge in [0.1, 0.15) is 0 Å². The van der Waals surface area contributed by atoms with Crippen molar-refractivity contribution in [1.29, 1.82) is 0 Å². The van der Waals surface area contributed by atoms with Gasteiger partial charge in [-0.1, -0.05) is 37.5 Å². The Labute approximate surface area is 143 Å². The van der Waals surface area contributed by atoms with Gasteiger partial charge in [0.2, 0.25) is 0 Å². The summed E-state index contributed by atoms with van der Waals surface area (Å²) in [5, 5.41) is 11.5. The number of anilines is 2. The molecule has 1 N–H and O–H groups in total. The highest BCUT2D eigenvalue weighted by Gasteiger charge is 2.18. The quantitative estimate of drug-likeness (QED) is 0.911. The second-order valence-electron chi connectivity index (χ2n) is 6.16. The summed E-state index contributed by atoms with van der Waals surface area (Å²) in [7, 11) is 0. The van der Waals surface area contributed by atoms with E-state index in [0.717, 1.165) is 30.9 Å². The number of para-hydroxylation sites is 1. The third-order valence-electron chi connectivity index (χ3n) is 4.48. The summed E-state index contributed by atoms with van der Waals surface area (Å²) >= 11 is 0. The van der Waals surface area contributed by atoms with Crippen molar-refractivity contribution in [3.63, 3.8) is 0 Å². The molecule has 1 amide bonds. The molecule has 1 aromatic heterocycles. The molecular formula is C19H24N4O. The summed E-state index contributed by atoms with van der Waals surface area (Å²) in [6.45, 7) is 2.85. The summed E-state index contributed by atoms with van der Waals surface area (Å²) in [6.07, 6.45) is 5.78. The van der Waals surface area contributed by atoms with Crippen LogP contribution in [0.3, 0.4) is 0 Å². The molecule has 0 radical (unpaired) electrons. The van der Waals surface area contributed by atoms with Crippen LogP contribution >= 0.6 is 0 Å². The zero-order valence-corrected chi connectivity index (χ0v) is 14.1. The fourth-order valence-electron chi connectivity index (χ4n) is 3.18. The number of hydrogen-bond acceptors (Lipinski definition) is 4. The molecular weight excluding hydrogens is 300 g/mol. The van der Waals surface area contributed by atoms with Crippen LogP contribution < -0.4 is 10.2 Å². The van der Waals surface area contributed by atoms with Gasteiger partial charge in [-0.25, -0.2) is 0 Å². The Hall–Kier alpha value is -2.43. The molecule has 0 bridgehead atoms. The van der Waals surface area contributed by atoms with Crippen LogP contribution in [0.4, 0.5) is 11.5 Å². The van der Waals surface area contributed by atoms with Crippen LogP contribution in [0, 0.1) is 0 Å². The lowest BCUT2D eigenvalue weighted by atomic mass is 9.95. The van der Waals surface area contributed by atoms with Crippen LogP contribution in [0.25, 0.3) is 0 Å². The maximum atomic E-state index is 12.3. The summed E-state index contributed by atoms with van der Waals surface area (Å²) < 4.78 is 0. The number of nitrogens with zero attached hydrogens (tertiary/aromatic N) is 3. The normalized spacial score (nSPS) is 15.0. The second-order valence-corrected chi connectivity index (χ2v) is 6.16. The van der Waals surface area contributed by atoms with E-state index >= 15 is 0 Å².